The van der Waals surface area contributed by atoms with Gasteiger partial charge in [-0.15, -0.1) is 0 Å². The van der Waals surface area contributed by atoms with Gasteiger partial charge in [-0.25, -0.2) is 0 Å². The van der Waals surface area contributed by atoms with Crippen molar-refractivity contribution in [2.75, 3.05) is 11.9 Å². The summed E-state index contributed by atoms with van der Waals surface area (Å²) in [6, 6.07) is 15.9. The molecule has 0 aromatic heterocycles. The second-order valence-electron chi connectivity index (χ2n) is 4.90. The Labute approximate surface area is 119 Å². The average molecular weight is 266 g/mol. The van der Waals surface area contributed by atoms with Crippen LogP contribution in [0.25, 0.3) is 0 Å². The van der Waals surface area contributed by atoms with Gasteiger partial charge in [-0.05, 0) is 35.7 Å². The van der Waals surface area contributed by atoms with Crippen molar-refractivity contribution in [3.05, 3.63) is 64.7 Å². The third kappa shape index (κ3) is 2.98. The highest BCUT2D eigenvalue weighted by molar-refractivity contribution is 5.60. The number of benzene rings is 2. The third-order valence-electron chi connectivity index (χ3n) is 3.44. The number of aliphatic hydroxyl groups is 1. The summed E-state index contributed by atoms with van der Waals surface area (Å²) in [5, 5.41) is 18.4. The van der Waals surface area contributed by atoms with Crippen LogP contribution in [0.2, 0.25) is 0 Å². The van der Waals surface area contributed by atoms with E-state index in [2.05, 4.69) is 30.0 Å². The second-order valence-corrected chi connectivity index (χ2v) is 4.90. The first-order valence-electron chi connectivity index (χ1n) is 6.55. The minimum absolute atomic E-state index is 0.0452. The molecule has 2 aromatic rings. The number of nitrogens with zero attached hydrogens (tertiary/aromatic N) is 2. The lowest BCUT2D eigenvalue weighted by Crippen LogP contribution is -2.18. The van der Waals surface area contributed by atoms with Gasteiger partial charge in [-0.3, -0.25) is 0 Å². The molecule has 0 fully saturated rings. The number of hydrogen-bond acceptors (Lipinski definition) is 3. The van der Waals surface area contributed by atoms with Crippen molar-refractivity contribution in [3.63, 3.8) is 0 Å². The van der Waals surface area contributed by atoms with E-state index in [1.807, 2.05) is 31.3 Å². The highest BCUT2D eigenvalue weighted by Gasteiger charge is 2.09. The molecule has 0 bridgehead atoms. The molecule has 0 heterocycles. The molecule has 2 rings (SSSR count). The summed E-state index contributed by atoms with van der Waals surface area (Å²) in [6.07, 6.45) is 0. The largest absolute Gasteiger partial charge is 0.392 e. The van der Waals surface area contributed by atoms with E-state index in [1.54, 1.807) is 6.07 Å². The van der Waals surface area contributed by atoms with Crippen LogP contribution in [0.15, 0.2) is 42.5 Å². The molecule has 3 nitrogen and oxygen atoms in total. The molecule has 0 amide bonds. The van der Waals surface area contributed by atoms with Crippen molar-refractivity contribution < 1.29 is 5.11 Å². The Kier molecular flexibility index (Phi) is 4.39. The minimum Gasteiger partial charge on any atom is -0.392 e. The lowest BCUT2D eigenvalue weighted by Gasteiger charge is -2.22. The standard InChI is InChI=1S/C17H18N2O/c1-13-5-3-4-6-15(13)11-19(2)17-8-7-14(12-20)9-16(17)10-18/h3-9,20H,11-12H2,1-2H3. The first-order valence-corrected chi connectivity index (χ1v) is 6.55. The van der Waals surface area contributed by atoms with Crippen molar-refractivity contribution in [2.45, 2.75) is 20.1 Å². The highest BCUT2D eigenvalue weighted by Crippen LogP contribution is 2.23. The van der Waals surface area contributed by atoms with Crippen LogP contribution in [0, 0.1) is 18.3 Å². The second kappa shape index (κ2) is 6.23. The van der Waals surface area contributed by atoms with E-state index in [0.29, 0.717) is 5.56 Å². The van der Waals surface area contributed by atoms with E-state index in [0.717, 1.165) is 17.8 Å². The molecule has 0 saturated heterocycles. The summed E-state index contributed by atoms with van der Waals surface area (Å²) < 4.78 is 0. The van der Waals surface area contributed by atoms with Crippen molar-refractivity contribution in [1.29, 1.82) is 5.26 Å². The number of anilines is 1. The van der Waals surface area contributed by atoms with Gasteiger partial charge in [0.2, 0.25) is 0 Å². The number of rotatable bonds is 4. The lowest BCUT2D eigenvalue weighted by atomic mass is 10.1. The van der Waals surface area contributed by atoms with E-state index < -0.39 is 0 Å². The summed E-state index contributed by atoms with van der Waals surface area (Å²) in [7, 11) is 1.97. The van der Waals surface area contributed by atoms with Crippen molar-refractivity contribution in [3.8, 4) is 6.07 Å². The Bertz CT molecular complexity index is 644. The summed E-state index contributed by atoms with van der Waals surface area (Å²) in [5.41, 5.74) is 4.71. The Morgan fingerprint density at radius 1 is 1.20 bits per heavy atom. The third-order valence-corrected chi connectivity index (χ3v) is 3.44. The van der Waals surface area contributed by atoms with Crippen LogP contribution < -0.4 is 4.90 Å². The normalized spacial score (nSPS) is 10.1. The van der Waals surface area contributed by atoms with E-state index >= 15 is 0 Å². The quantitative estimate of drug-likeness (QED) is 0.925. The number of aryl methyl sites for hydroxylation is 1. The Hall–Kier alpha value is -2.31. The van der Waals surface area contributed by atoms with Gasteiger partial charge in [0.15, 0.2) is 0 Å². The van der Waals surface area contributed by atoms with Crippen molar-refractivity contribution >= 4 is 5.69 Å². The van der Waals surface area contributed by atoms with E-state index in [-0.39, 0.29) is 6.61 Å². The lowest BCUT2D eigenvalue weighted by molar-refractivity contribution is 0.282. The van der Waals surface area contributed by atoms with Crippen molar-refractivity contribution in [1.82, 2.24) is 0 Å². The Morgan fingerprint density at radius 3 is 2.60 bits per heavy atom. The summed E-state index contributed by atoms with van der Waals surface area (Å²) >= 11 is 0. The maximum atomic E-state index is 9.25. The molecule has 0 spiro atoms. The summed E-state index contributed by atoms with van der Waals surface area (Å²) in [6.45, 7) is 2.79. The predicted molar refractivity (Wildman–Crippen MR) is 80.4 cm³/mol. The van der Waals surface area contributed by atoms with Gasteiger partial charge < -0.3 is 10.0 Å². The first-order chi connectivity index (χ1) is 9.65. The molecule has 0 unspecified atom stereocenters. The van der Waals surface area contributed by atoms with E-state index in [1.165, 1.54) is 11.1 Å². The zero-order valence-electron chi connectivity index (χ0n) is 11.8. The summed E-state index contributed by atoms with van der Waals surface area (Å²) in [4.78, 5) is 2.06. The van der Waals surface area contributed by atoms with Crippen LogP contribution in [0.4, 0.5) is 5.69 Å². The molecule has 0 aliphatic carbocycles. The zero-order valence-corrected chi connectivity index (χ0v) is 11.8. The average Bonchev–Trinajstić information content (AvgIpc) is 2.48. The molecule has 0 aliphatic rings. The molecule has 20 heavy (non-hydrogen) atoms. The molecule has 0 radical (unpaired) electrons. The fourth-order valence-electron chi connectivity index (χ4n) is 2.23. The molecular weight excluding hydrogens is 248 g/mol. The van der Waals surface area contributed by atoms with Crippen LogP contribution in [0.1, 0.15) is 22.3 Å². The van der Waals surface area contributed by atoms with Crippen LogP contribution in [0.3, 0.4) is 0 Å². The Morgan fingerprint density at radius 2 is 1.95 bits per heavy atom. The number of aliphatic hydroxyl groups excluding tert-OH is 1. The summed E-state index contributed by atoms with van der Waals surface area (Å²) in [5.74, 6) is 0. The predicted octanol–water partition coefficient (Wildman–Crippen LogP) is 3.00. The fourth-order valence-corrected chi connectivity index (χ4v) is 2.23. The Balaban J connectivity index is 2.28. The molecule has 0 saturated carbocycles. The van der Waals surface area contributed by atoms with Gasteiger partial charge >= 0.3 is 0 Å². The van der Waals surface area contributed by atoms with Gasteiger partial charge in [0.25, 0.3) is 0 Å². The molecular formula is C17H18N2O. The van der Waals surface area contributed by atoms with Crippen LogP contribution in [-0.2, 0) is 13.2 Å². The molecule has 102 valence electrons. The molecule has 0 aliphatic heterocycles. The number of nitriles is 1. The SMILES string of the molecule is Cc1ccccc1CN(C)c1ccc(CO)cc1C#N. The van der Waals surface area contributed by atoms with Crippen LogP contribution >= 0.6 is 0 Å². The van der Waals surface area contributed by atoms with Crippen LogP contribution in [-0.4, -0.2) is 12.2 Å². The fraction of sp³-hybridized carbons (Fsp3) is 0.235. The highest BCUT2D eigenvalue weighted by atomic mass is 16.3. The topological polar surface area (TPSA) is 47.3 Å². The van der Waals surface area contributed by atoms with Gasteiger partial charge in [-0.1, -0.05) is 30.3 Å². The maximum absolute atomic E-state index is 9.25. The van der Waals surface area contributed by atoms with Gasteiger partial charge in [0.1, 0.15) is 6.07 Å². The van der Waals surface area contributed by atoms with Crippen LogP contribution in [0.5, 0.6) is 0 Å². The van der Waals surface area contributed by atoms with Gasteiger partial charge in [-0.2, -0.15) is 5.26 Å². The van der Waals surface area contributed by atoms with Gasteiger partial charge in [0.05, 0.1) is 17.9 Å². The monoisotopic (exact) mass is 266 g/mol. The van der Waals surface area contributed by atoms with Crippen molar-refractivity contribution in [2.24, 2.45) is 0 Å². The van der Waals surface area contributed by atoms with E-state index in [9.17, 15) is 5.26 Å². The van der Waals surface area contributed by atoms with Gasteiger partial charge in [0, 0.05) is 13.6 Å². The molecule has 2 aromatic carbocycles. The molecule has 0 atom stereocenters. The smallest absolute Gasteiger partial charge is 0.101 e. The zero-order chi connectivity index (χ0) is 14.5. The first kappa shape index (κ1) is 14.1. The molecule has 3 heteroatoms. The molecule has 1 N–H and O–H groups in total. The number of hydrogen-bond donors (Lipinski definition) is 1. The maximum Gasteiger partial charge on any atom is 0.101 e. The minimum atomic E-state index is -0.0452. The van der Waals surface area contributed by atoms with E-state index in [4.69, 9.17) is 5.11 Å².